The molecule has 0 amide bonds. The number of ether oxygens (including phenoxy) is 1. The Balaban J connectivity index is 2.17. The van der Waals surface area contributed by atoms with Gasteiger partial charge in [0.15, 0.2) is 0 Å². The third-order valence-electron chi connectivity index (χ3n) is 3.36. The Morgan fingerprint density at radius 2 is 1.94 bits per heavy atom. The molecule has 0 aromatic heterocycles. The quantitative estimate of drug-likeness (QED) is 0.560. The minimum absolute atomic E-state index is 0.111. The lowest BCUT2D eigenvalue weighted by atomic mass is 9.80. The number of carbonyl (C=O) groups is 1. The summed E-state index contributed by atoms with van der Waals surface area (Å²) >= 11 is 0. The SMILES string of the molecule is CCCCCOC(=O)CC1(N)CCCCC1. The summed E-state index contributed by atoms with van der Waals surface area (Å²) in [7, 11) is 0. The van der Waals surface area contributed by atoms with Gasteiger partial charge in [-0.05, 0) is 19.3 Å². The van der Waals surface area contributed by atoms with Gasteiger partial charge >= 0.3 is 5.97 Å². The lowest BCUT2D eigenvalue weighted by Crippen LogP contribution is -2.43. The van der Waals surface area contributed by atoms with Crippen molar-refractivity contribution in [2.45, 2.75) is 70.3 Å². The highest BCUT2D eigenvalue weighted by molar-refractivity contribution is 5.70. The number of esters is 1. The first kappa shape index (κ1) is 13.5. The minimum Gasteiger partial charge on any atom is -0.466 e. The fourth-order valence-electron chi connectivity index (χ4n) is 2.31. The fourth-order valence-corrected chi connectivity index (χ4v) is 2.31. The molecule has 16 heavy (non-hydrogen) atoms. The molecule has 3 heteroatoms. The van der Waals surface area contributed by atoms with Gasteiger partial charge in [-0.2, -0.15) is 0 Å². The summed E-state index contributed by atoms with van der Waals surface area (Å²) in [5.74, 6) is -0.111. The smallest absolute Gasteiger partial charge is 0.307 e. The van der Waals surface area contributed by atoms with E-state index in [2.05, 4.69) is 6.92 Å². The predicted octanol–water partition coefficient (Wildman–Crippen LogP) is 2.77. The zero-order chi connectivity index (χ0) is 11.9. The Hall–Kier alpha value is -0.570. The van der Waals surface area contributed by atoms with Crippen LogP contribution in [-0.4, -0.2) is 18.1 Å². The molecule has 0 aromatic rings. The van der Waals surface area contributed by atoms with E-state index in [-0.39, 0.29) is 11.5 Å². The Kier molecular flexibility index (Phi) is 5.81. The molecule has 1 rings (SSSR count). The van der Waals surface area contributed by atoms with Crippen LogP contribution in [0.1, 0.15) is 64.7 Å². The second kappa shape index (κ2) is 6.89. The number of nitrogens with two attached hydrogens (primary N) is 1. The van der Waals surface area contributed by atoms with Crippen LogP contribution in [0.2, 0.25) is 0 Å². The number of carbonyl (C=O) groups excluding carboxylic acids is 1. The van der Waals surface area contributed by atoms with Gasteiger partial charge in [-0.15, -0.1) is 0 Å². The molecule has 0 unspecified atom stereocenters. The maximum Gasteiger partial charge on any atom is 0.307 e. The molecular formula is C13H25NO2. The van der Waals surface area contributed by atoms with Crippen LogP contribution in [0.3, 0.4) is 0 Å². The first-order chi connectivity index (χ1) is 7.66. The second-order valence-electron chi connectivity index (χ2n) is 5.03. The third-order valence-corrected chi connectivity index (χ3v) is 3.36. The molecule has 0 aliphatic heterocycles. The average Bonchev–Trinajstić information content (AvgIpc) is 2.25. The summed E-state index contributed by atoms with van der Waals surface area (Å²) in [6, 6.07) is 0. The van der Waals surface area contributed by atoms with Crippen LogP contribution < -0.4 is 5.73 Å². The Morgan fingerprint density at radius 1 is 1.25 bits per heavy atom. The molecule has 0 bridgehead atoms. The molecule has 3 nitrogen and oxygen atoms in total. The summed E-state index contributed by atoms with van der Waals surface area (Å²) in [6.45, 7) is 2.70. The number of unbranched alkanes of at least 4 members (excludes halogenated alkanes) is 2. The fraction of sp³-hybridized carbons (Fsp3) is 0.923. The van der Waals surface area contributed by atoms with E-state index < -0.39 is 0 Å². The molecule has 0 aromatic carbocycles. The van der Waals surface area contributed by atoms with E-state index in [1.54, 1.807) is 0 Å². The lowest BCUT2D eigenvalue weighted by Gasteiger charge is -2.32. The maximum absolute atomic E-state index is 11.6. The van der Waals surface area contributed by atoms with Gasteiger partial charge in [0, 0.05) is 5.54 Å². The Morgan fingerprint density at radius 3 is 2.56 bits per heavy atom. The summed E-state index contributed by atoms with van der Waals surface area (Å²) in [4.78, 5) is 11.6. The Bertz CT molecular complexity index is 210. The first-order valence-electron chi connectivity index (χ1n) is 6.61. The van der Waals surface area contributed by atoms with Gasteiger partial charge < -0.3 is 10.5 Å². The van der Waals surface area contributed by atoms with E-state index in [1.807, 2.05) is 0 Å². The number of hydrogen-bond acceptors (Lipinski definition) is 3. The molecule has 1 saturated carbocycles. The largest absolute Gasteiger partial charge is 0.466 e. The van der Waals surface area contributed by atoms with Crippen LogP contribution in [0.15, 0.2) is 0 Å². The standard InChI is InChI=1S/C13H25NO2/c1-2-3-7-10-16-12(15)11-13(14)8-5-4-6-9-13/h2-11,14H2,1H3. The van der Waals surface area contributed by atoms with Gasteiger partial charge in [-0.25, -0.2) is 0 Å². The number of hydrogen-bond donors (Lipinski definition) is 1. The molecule has 94 valence electrons. The molecule has 0 heterocycles. The van der Waals surface area contributed by atoms with E-state index in [0.29, 0.717) is 13.0 Å². The molecule has 2 N–H and O–H groups in total. The molecule has 1 aliphatic carbocycles. The highest BCUT2D eigenvalue weighted by Gasteiger charge is 2.30. The second-order valence-corrected chi connectivity index (χ2v) is 5.03. The first-order valence-corrected chi connectivity index (χ1v) is 6.61. The molecule has 1 aliphatic rings. The maximum atomic E-state index is 11.6. The summed E-state index contributed by atoms with van der Waals surface area (Å²) < 4.78 is 5.19. The van der Waals surface area contributed by atoms with Crippen molar-refractivity contribution < 1.29 is 9.53 Å². The van der Waals surface area contributed by atoms with Crippen molar-refractivity contribution in [1.29, 1.82) is 0 Å². The van der Waals surface area contributed by atoms with Crippen molar-refractivity contribution in [3.05, 3.63) is 0 Å². The van der Waals surface area contributed by atoms with Gasteiger partial charge in [0.25, 0.3) is 0 Å². The molecule has 1 fully saturated rings. The number of rotatable bonds is 6. The Labute approximate surface area is 98.7 Å². The molecular weight excluding hydrogens is 202 g/mol. The zero-order valence-corrected chi connectivity index (χ0v) is 10.5. The van der Waals surface area contributed by atoms with Crippen LogP contribution >= 0.6 is 0 Å². The summed E-state index contributed by atoms with van der Waals surface area (Å²) in [5, 5.41) is 0. The molecule has 0 saturated heterocycles. The van der Waals surface area contributed by atoms with E-state index in [4.69, 9.17) is 10.5 Å². The van der Waals surface area contributed by atoms with Crippen LogP contribution in [0.25, 0.3) is 0 Å². The lowest BCUT2D eigenvalue weighted by molar-refractivity contribution is -0.145. The van der Waals surface area contributed by atoms with E-state index in [1.165, 1.54) is 6.42 Å². The average molecular weight is 227 g/mol. The summed E-state index contributed by atoms with van der Waals surface area (Å²) in [6.07, 6.45) is 9.15. The van der Waals surface area contributed by atoms with E-state index in [9.17, 15) is 4.79 Å². The molecule has 0 radical (unpaired) electrons. The van der Waals surface area contributed by atoms with Crippen LogP contribution in [0, 0.1) is 0 Å². The highest BCUT2D eigenvalue weighted by Crippen LogP contribution is 2.28. The predicted molar refractivity (Wildman–Crippen MR) is 65.1 cm³/mol. The van der Waals surface area contributed by atoms with Crippen LogP contribution in [-0.2, 0) is 9.53 Å². The van der Waals surface area contributed by atoms with Gasteiger partial charge in [0.2, 0.25) is 0 Å². The van der Waals surface area contributed by atoms with Gasteiger partial charge in [0.1, 0.15) is 0 Å². The van der Waals surface area contributed by atoms with Gasteiger partial charge in [-0.3, -0.25) is 4.79 Å². The van der Waals surface area contributed by atoms with Crippen molar-refractivity contribution in [2.75, 3.05) is 6.61 Å². The van der Waals surface area contributed by atoms with Gasteiger partial charge in [-0.1, -0.05) is 39.0 Å². The zero-order valence-electron chi connectivity index (χ0n) is 10.5. The monoisotopic (exact) mass is 227 g/mol. The molecule has 0 atom stereocenters. The minimum atomic E-state index is -0.278. The summed E-state index contributed by atoms with van der Waals surface area (Å²) in [5.41, 5.74) is 5.91. The molecule has 0 spiro atoms. The van der Waals surface area contributed by atoms with Gasteiger partial charge in [0.05, 0.1) is 13.0 Å². The van der Waals surface area contributed by atoms with Crippen molar-refractivity contribution in [3.8, 4) is 0 Å². The van der Waals surface area contributed by atoms with Crippen molar-refractivity contribution >= 4 is 5.97 Å². The topological polar surface area (TPSA) is 52.3 Å². The van der Waals surface area contributed by atoms with Crippen molar-refractivity contribution in [1.82, 2.24) is 0 Å². The highest BCUT2D eigenvalue weighted by atomic mass is 16.5. The van der Waals surface area contributed by atoms with Crippen LogP contribution in [0.4, 0.5) is 0 Å². The normalized spacial score (nSPS) is 19.4. The van der Waals surface area contributed by atoms with Crippen LogP contribution in [0.5, 0.6) is 0 Å². The van der Waals surface area contributed by atoms with E-state index in [0.717, 1.165) is 44.9 Å². The van der Waals surface area contributed by atoms with Crippen molar-refractivity contribution in [3.63, 3.8) is 0 Å². The van der Waals surface area contributed by atoms with E-state index >= 15 is 0 Å². The van der Waals surface area contributed by atoms with Crippen molar-refractivity contribution in [2.24, 2.45) is 5.73 Å². The third kappa shape index (κ3) is 4.97.